The third-order valence-corrected chi connectivity index (χ3v) is 3.72. The van der Waals surface area contributed by atoms with Crippen LogP contribution in [0.1, 0.15) is 36.0 Å². The molecule has 2 rings (SSSR count). The Hall–Kier alpha value is -1.69. The SMILES string of the molecule is NC1CCCC(CNC(=O)c2ccc(OC(F)F)cc2)C1. The lowest BCUT2D eigenvalue weighted by atomic mass is 9.86. The van der Waals surface area contributed by atoms with Gasteiger partial charge < -0.3 is 15.8 Å². The highest BCUT2D eigenvalue weighted by molar-refractivity contribution is 5.94. The molecule has 21 heavy (non-hydrogen) atoms. The van der Waals surface area contributed by atoms with Gasteiger partial charge in [-0.15, -0.1) is 0 Å². The second-order valence-electron chi connectivity index (χ2n) is 5.41. The predicted molar refractivity (Wildman–Crippen MR) is 75.3 cm³/mol. The quantitative estimate of drug-likeness (QED) is 0.878. The molecule has 1 fully saturated rings. The molecule has 116 valence electrons. The Bertz CT molecular complexity index is 465. The van der Waals surface area contributed by atoms with Crippen LogP contribution in [-0.4, -0.2) is 25.1 Å². The van der Waals surface area contributed by atoms with Crippen LogP contribution in [0.5, 0.6) is 5.75 Å². The largest absolute Gasteiger partial charge is 0.435 e. The van der Waals surface area contributed by atoms with Crippen molar-refractivity contribution in [1.29, 1.82) is 0 Å². The second-order valence-corrected chi connectivity index (χ2v) is 5.41. The highest BCUT2D eigenvalue weighted by atomic mass is 19.3. The highest BCUT2D eigenvalue weighted by Crippen LogP contribution is 2.22. The molecule has 6 heteroatoms. The lowest BCUT2D eigenvalue weighted by Crippen LogP contribution is -2.35. The minimum Gasteiger partial charge on any atom is -0.435 e. The molecular formula is C15H20F2N2O2. The number of rotatable bonds is 5. The number of nitrogens with one attached hydrogen (secondary N) is 1. The van der Waals surface area contributed by atoms with Gasteiger partial charge in [-0.3, -0.25) is 4.79 Å². The van der Waals surface area contributed by atoms with Crippen LogP contribution in [0.3, 0.4) is 0 Å². The van der Waals surface area contributed by atoms with Gasteiger partial charge in [0.1, 0.15) is 5.75 Å². The van der Waals surface area contributed by atoms with Gasteiger partial charge in [0, 0.05) is 18.2 Å². The summed E-state index contributed by atoms with van der Waals surface area (Å²) in [7, 11) is 0. The smallest absolute Gasteiger partial charge is 0.387 e. The standard InChI is InChI=1S/C15H20F2N2O2/c16-15(17)21-13-6-4-11(5-7-13)14(20)19-9-10-2-1-3-12(18)8-10/h4-7,10,12,15H,1-3,8-9,18H2,(H,19,20). The van der Waals surface area contributed by atoms with E-state index in [2.05, 4.69) is 10.1 Å². The van der Waals surface area contributed by atoms with Gasteiger partial charge in [-0.2, -0.15) is 8.78 Å². The number of carbonyl (C=O) groups is 1. The van der Waals surface area contributed by atoms with Gasteiger partial charge in [0.25, 0.3) is 5.91 Å². The number of amides is 1. The molecule has 1 aromatic rings. The third-order valence-electron chi connectivity index (χ3n) is 3.72. The molecule has 0 spiro atoms. The van der Waals surface area contributed by atoms with Gasteiger partial charge in [0.15, 0.2) is 0 Å². The van der Waals surface area contributed by atoms with Crippen molar-refractivity contribution in [3.8, 4) is 5.75 Å². The number of alkyl halides is 2. The molecular weight excluding hydrogens is 278 g/mol. The summed E-state index contributed by atoms with van der Waals surface area (Å²) in [5, 5.41) is 2.87. The fraction of sp³-hybridized carbons (Fsp3) is 0.533. The summed E-state index contributed by atoms with van der Waals surface area (Å²) in [6.45, 7) is -2.26. The van der Waals surface area contributed by atoms with Crippen molar-refractivity contribution in [2.45, 2.75) is 38.3 Å². The maximum absolute atomic E-state index is 12.0. The molecule has 4 nitrogen and oxygen atoms in total. The molecule has 0 aliphatic heterocycles. The molecule has 0 radical (unpaired) electrons. The van der Waals surface area contributed by atoms with Gasteiger partial charge >= 0.3 is 6.61 Å². The number of ether oxygens (including phenoxy) is 1. The molecule has 1 aromatic carbocycles. The van der Waals surface area contributed by atoms with E-state index in [4.69, 9.17) is 5.73 Å². The van der Waals surface area contributed by atoms with Gasteiger partial charge in [-0.1, -0.05) is 6.42 Å². The summed E-state index contributed by atoms with van der Waals surface area (Å²) < 4.78 is 28.3. The predicted octanol–water partition coefficient (Wildman–Crippen LogP) is 2.54. The van der Waals surface area contributed by atoms with Crippen molar-refractivity contribution >= 4 is 5.91 Å². The van der Waals surface area contributed by atoms with Crippen molar-refractivity contribution < 1.29 is 18.3 Å². The molecule has 1 aliphatic rings. The van der Waals surface area contributed by atoms with Crippen LogP contribution in [-0.2, 0) is 0 Å². The maximum Gasteiger partial charge on any atom is 0.387 e. The zero-order chi connectivity index (χ0) is 15.2. The Kier molecular flexibility index (Phi) is 5.50. The summed E-state index contributed by atoms with van der Waals surface area (Å²) in [6, 6.07) is 5.89. The molecule has 0 bridgehead atoms. The number of halogens is 2. The number of carbonyl (C=O) groups excluding carboxylic acids is 1. The molecule has 0 saturated heterocycles. The number of hydrogen-bond acceptors (Lipinski definition) is 3. The van der Waals surface area contributed by atoms with E-state index in [0.717, 1.165) is 25.7 Å². The Morgan fingerprint density at radius 2 is 2.05 bits per heavy atom. The van der Waals surface area contributed by atoms with E-state index < -0.39 is 6.61 Å². The van der Waals surface area contributed by atoms with Crippen molar-refractivity contribution in [3.05, 3.63) is 29.8 Å². The second kappa shape index (κ2) is 7.36. The van der Waals surface area contributed by atoms with E-state index in [1.165, 1.54) is 24.3 Å². The van der Waals surface area contributed by atoms with Crippen molar-refractivity contribution in [2.24, 2.45) is 11.7 Å². The first-order valence-electron chi connectivity index (χ1n) is 7.13. The number of hydrogen-bond donors (Lipinski definition) is 2. The van der Waals surface area contributed by atoms with Crippen molar-refractivity contribution in [3.63, 3.8) is 0 Å². The molecule has 1 amide bonds. The van der Waals surface area contributed by atoms with E-state index in [9.17, 15) is 13.6 Å². The van der Waals surface area contributed by atoms with Crippen LogP contribution in [0, 0.1) is 5.92 Å². The third kappa shape index (κ3) is 4.97. The Morgan fingerprint density at radius 3 is 2.67 bits per heavy atom. The summed E-state index contributed by atoms with van der Waals surface area (Å²) >= 11 is 0. The monoisotopic (exact) mass is 298 g/mol. The fourth-order valence-corrected chi connectivity index (χ4v) is 2.64. The van der Waals surface area contributed by atoms with E-state index in [-0.39, 0.29) is 17.7 Å². The lowest BCUT2D eigenvalue weighted by Gasteiger charge is -2.26. The summed E-state index contributed by atoms with van der Waals surface area (Å²) in [4.78, 5) is 12.0. The van der Waals surface area contributed by atoms with Crippen LogP contribution < -0.4 is 15.8 Å². The average molecular weight is 298 g/mol. The lowest BCUT2D eigenvalue weighted by molar-refractivity contribution is -0.0498. The number of nitrogens with two attached hydrogens (primary N) is 1. The summed E-state index contributed by atoms with van der Waals surface area (Å²) in [5.74, 6) is 0.247. The van der Waals surface area contributed by atoms with Gasteiger partial charge in [0.05, 0.1) is 0 Å². The summed E-state index contributed by atoms with van der Waals surface area (Å²) in [5.41, 5.74) is 6.34. The first kappa shape index (κ1) is 15.7. The topological polar surface area (TPSA) is 64.3 Å². The van der Waals surface area contributed by atoms with E-state index in [1.807, 2.05) is 0 Å². The van der Waals surface area contributed by atoms with Crippen LogP contribution in [0.2, 0.25) is 0 Å². The zero-order valence-corrected chi connectivity index (χ0v) is 11.7. The number of benzene rings is 1. The summed E-state index contributed by atoms with van der Waals surface area (Å²) in [6.07, 6.45) is 4.16. The minimum atomic E-state index is -2.86. The van der Waals surface area contributed by atoms with E-state index in [0.29, 0.717) is 18.0 Å². The Morgan fingerprint density at radius 1 is 1.33 bits per heavy atom. The average Bonchev–Trinajstić information content (AvgIpc) is 2.45. The maximum atomic E-state index is 12.0. The van der Waals surface area contributed by atoms with Crippen LogP contribution in [0.15, 0.2) is 24.3 Å². The first-order valence-corrected chi connectivity index (χ1v) is 7.13. The van der Waals surface area contributed by atoms with Gasteiger partial charge in [0.2, 0.25) is 0 Å². The molecule has 1 saturated carbocycles. The van der Waals surface area contributed by atoms with Crippen molar-refractivity contribution in [2.75, 3.05) is 6.54 Å². The first-order chi connectivity index (χ1) is 10.0. The van der Waals surface area contributed by atoms with Crippen LogP contribution >= 0.6 is 0 Å². The normalized spacial score (nSPS) is 22.1. The highest BCUT2D eigenvalue weighted by Gasteiger charge is 2.19. The van der Waals surface area contributed by atoms with Crippen molar-refractivity contribution in [1.82, 2.24) is 5.32 Å². The Balaban J connectivity index is 1.82. The molecule has 2 atom stereocenters. The molecule has 0 aromatic heterocycles. The van der Waals surface area contributed by atoms with Crippen LogP contribution in [0.25, 0.3) is 0 Å². The van der Waals surface area contributed by atoms with E-state index >= 15 is 0 Å². The Labute approximate surface area is 122 Å². The zero-order valence-electron chi connectivity index (χ0n) is 11.7. The molecule has 0 heterocycles. The van der Waals surface area contributed by atoms with Gasteiger partial charge in [-0.25, -0.2) is 0 Å². The fourth-order valence-electron chi connectivity index (χ4n) is 2.64. The minimum absolute atomic E-state index is 0.0415. The van der Waals surface area contributed by atoms with Gasteiger partial charge in [-0.05, 0) is 49.4 Å². The molecule has 3 N–H and O–H groups in total. The molecule has 2 unspecified atom stereocenters. The van der Waals surface area contributed by atoms with E-state index in [1.54, 1.807) is 0 Å². The van der Waals surface area contributed by atoms with Crippen LogP contribution in [0.4, 0.5) is 8.78 Å². The molecule has 1 aliphatic carbocycles.